The minimum Gasteiger partial charge on any atom is -0.462 e. The van der Waals surface area contributed by atoms with Crippen molar-refractivity contribution < 1.29 is 14.3 Å². The number of anilines is 1. The van der Waals surface area contributed by atoms with Crippen molar-refractivity contribution in [3.05, 3.63) is 16.8 Å². The lowest BCUT2D eigenvalue weighted by Crippen LogP contribution is -2.44. The van der Waals surface area contributed by atoms with E-state index in [1.165, 1.54) is 0 Å². The molecule has 0 fully saturated rings. The number of urea groups is 1. The van der Waals surface area contributed by atoms with Gasteiger partial charge < -0.3 is 15.0 Å². The maximum atomic E-state index is 12.2. The Kier molecular flexibility index (Phi) is 4.83. The van der Waals surface area contributed by atoms with E-state index >= 15 is 0 Å². The van der Waals surface area contributed by atoms with Gasteiger partial charge in [-0.1, -0.05) is 0 Å². The number of carbonyl (C=O) groups is 2. The van der Waals surface area contributed by atoms with E-state index in [1.54, 1.807) is 34.6 Å². The summed E-state index contributed by atoms with van der Waals surface area (Å²) in [4.78, 5) is 27.1. The molecule has 0 saturated heterocycles. The van der Waals surface area contributed by atoms with Gasteiger partial charge in [-0.3, -0.25) is 5.32 Å². The average Bonchev–Trinajstić information content (AvgIpc) is 2.93. The number of aromatic nitrogens is 1. The molecule has 1 aliphatic rings. The topological polar surface area (TPSA) is 108 Å². The molecule has 0 bridgehead atoms. The summed E-state index contributed by atoms with van der Waals surface area (Å²) in [5.74, 6) is 0.0548. The SMILES string of the molecule is CCOC(=O)c1c(C)[nH]c(NC(=O)NC2C(C)=NN=C2C)c1C. The number of aromatic amines is 1. The molecule has 0 aliphatic carbocycles. The second-order valence-electron chi connectivity index (χ2n) is 5.36. The number of amides is 2. The second-order valence-corrected chi connectivity index (χ2v) is 5.36. The standard InChI is InChI=1S/C15H21N5O3/c1-6-23-14(21)11-7(2)13(16-8(11)3)18-15(22)17-12-9(4)19-20-10(12)5/h12,16H,6H2,1-5H3,(H2,17,18,22). The Morgan fingerprint density at radius 3 is 2.35 bits per heavy atom. The van der Waals surface area contributed by atoms with Crippen LogP contribution in [0.25, 0.3) is 0 Å². The van der Waals surface area contributed by atoms with E-state index in [9.17, 15) is 9.59 Å². The van der Waals surface area contributed by atoms with Crippen LogP contribution in [0.5, 0.6) is 0 Å². The van der Waals surface area contributed by atoms with Crippen LogP contribution < -0.4 is 10.6 Å². The van der Waals surface area contributed by atoms with Gasteiger partial charge in [-0.25, -0.2) is 9.59 Å². The van der Waals surface area contributed by atoms with Gasteiger partial charge in [0, 0.05) is 11.3 Å². The fourth-order valence-corrected chi connectivity index (χ4v) is 2.45. The summed E-state index contributed by atoms with van der Waals surface area (Å²) in [6.45, 7) is 9.15. The molecule has 8 nitrogen and oxygen atoms in total. The van der Waals surface area contributed by atoms with Crippen molar-refractivity contribution >= 4 is 29.2 Å². The van der Waals surface area contributed by atoms with Crippen LogP contribution in [0.1, 0.15) is 42.4 Å². The van der Waals surface area contributed by atoms with Crippen molar-refractivity contribution in [2.45, 2.75) is 40.7 Å². The van der Waals surface area contributed by atoms with Crippen LogP contribution in [0, 0.1) is 13.8 Å². The van der Waals surface area contributed by atoms with Gasteiger partial charge in [0.25, 0.3) is 0 Å². The molecule has 0 radical (unpaired) electrons. The summed E-state index contributed by atoms with van der Waals surface area (Å²) >= 11 is 0. The second kappa shape index (κ2) is 6.64. The van der Waals surface area contributed by atoms with E-state index < -0.39 is 12.0 Å². The first-order chi connectivity index (χ1) is 10.8. The highest BCUT2D eigenvalue weighted by Crippen LogP contribution is 2.23. The van der Waals surface area contributed by atoms with Crippen molar-refractivity contribution in [3.63, 3.8) is 0 Å². The highest BCUT2D eigenvalue weighted by molar-refractivity contribution is 6.14. The number of nitrogens with zero attached hydrogens (tertiary/aromatic N) is 2. The molecule has 0 saturated carbocycles. The summed E-state index contributed by atoms with van der Waals surface area (Å²) in [5.41, 5.74) is 3.18. The van der Waals surface area contributed by atoms with Crippen LogP contribution in [-0.4, -0.2) is 41.1 Å². The molecule has 2 rings (SSSR count). The third-order valence-corrected chi connectivity index (χ3v) is 3.63. The maximum Gasteiger partial charge on any atom is 0.340 e. The molecular formula is C15H21N5O3. The molecule has 0 atom stereocenters. The van der Waals surface area contributed by atoms with Crippen LogP contribution in [0.4, 0.5) is 10.6 Å². The highest BCUT2D eigenvalue weighted by Gasteiger charge is 2.24. The summed E-state index contributed by atoms with van der Waals surface area (Å²) in [5, 5.41) is 13.4. The van der Waals surface area contributed by atoms with Gasteiger partial charge in [0.05, 0.1) is 23.6 Å². The van der Waals surface area contributed by atoms with Gasteiger partial charge in [0.1, 0.15) is 11.9 Å². The fraction of sp³-hybridized carbons (Fsp3) is 0.467. The molecular weight excluding hydrogens is 298 g/mol. The van der Waals surface area contributed by atoms with E-state index in [1.807, 2.05) is 0 Å². The quantitative estimate of drug-likeness (QED) is 0.740. The van der Waals surface area contributed by atoms with Crippen LogP contribution in [0.3, 0.4) is 0 Å². The lowest BCUT2D eigenvalue weighted by Gasteiger charge is -2.14. The largest absolute Gasteiger partial charge is 0.462 e. The fourth-order valence-electron chi connectivity index (χ4n) is 2.45. The Labute approximate surface area is 134 Å². The van der Waals surface area contributed by atoms with Crippen LogP contribution in [0.15, 0.2) is 10.2 Å². The molecule has 2 amide bonds. The van der Waals surface area contributed by atoms with Crippen molar-refractivity contribution in [1.82, 2.24) is 10.3 Å². The van der Waals surface area contributed by atoms with Crippen LogP contribution >= 0.6 is 0 Å². The summed E-state index contributed by atoms with van der Waals surface area (Å²) in [6.07, 6.45) is 0. The van der Waals surface area contributed by atoms with E-state index in [0.717, 1.165) is 11.4 Å². The molecule has 1 aromatic heterocycles. The summed E-state index contributed by atoms with van der Waals surface area (Å²) in [6, 6.07) is -0.711. The zero-order chi connectivity index (χ0) is 17.1. The minimum atomic E-state index is -0.408. The Bertz CT molecular complexity index is 684. The highest BCUT2D eigenvalue weighted by atomic mass is 16.5. The molecule has 0 unspecified atom stereocenters. The maximum absolute atomic E-state index is 12.2. The molecule has 8 heteroatoms. The third kappa shape index (κ3) is 3.41. The zero-order valence-electron chi connectivity index (χ0n) is 13.9. The number of nitrogens with one attached hydrogen (secondary N) is 3. The molecule has 2 heterocycles. The lowest BCUT2D eigenvalue weighted by molar-refractivity contribution is 0.0525. The van der Waals surface area contributed by atoms with Gasteiger partial charge in [-0.05, 0) is 34.6 Å². The van der Waals surface area contributed by atoms with E-state index in [-0.39, 0.29) is 6.04 Å². The predicted octanol–water partition coefficient (Wildman–Crippen LogP) is 2.15. The number of esters is 1. The molecule has 124 valence electrons. The van der Waals surface area contributed by atoms with Gasteiger partial charge >= 0.3 is 12.0 Å². The van der Waals surface area contributed by atoms with Crippen LogP contribution in [-0.2, 0) is 4.74 Å². The number of H-pyrrole nitrogens is 1. The summed E-state index contributed by atoms with van der Waals surface area (Å²) in [7, 11) is 0. The van der Waals surface area contributed by atoms with E-state index in [0.29, 0.717) is 29.2 Å². The summed E-state index contributed by atoms with van der Waals surface area (Å²) < 4.78 is 5.02. The molecule has 0 spiro atoms. The lowest BCUT2D eigenvalue weighted by atomic mass is 10.1. The number of hydrogen-bond acceptors (Lipinski definition) is 5. The van der Waals surface area contributed by atoms with Crippen LogP contribution in [0.2, 0.25) is 0 Å². The van der Waals surface area contributed by atoms with Crippen molar-refractivity contribution in [3.8, 4) is 0 Å². The molecule has 0 aromatic carbocycles. The van der Waals surface area contributed by atoms with Crippen molar-refractivity contribution in [2.24, 2.45) is 10.2 Å². The smallest absolute Gasteiger partial charge is 0.340 e. The predicted molar refractivity (Wildman–Crippen MR) is 88.4 cm³/mol. The first-order valence-corrected chi connectivity index (χ1v) is 7.37. The Morgan fingerprint density at radius 1 is 1.17 bits per heavy atom. The van der Waals surface area contributed by atoms with Crippen molar-refractivity contribution in [1.29, 1.82) is 0 Å². The minimum absolute atomic E-state index is 0.297. The van der Waals surface area contributed by atoms with Gasteiger partial charge in [0.15, 0.2) is 0 Å². The van der Waals surface area contributed by atoms with E-state index in [4.69, 9.17) is 4.74 Å². The Balaban J connectivity index is 2.10. The zero-order valence-corrected chi connectivity index (χ0v) is 13.9. The Hall–Kier alpha value is -2.64. The average molecular weight is 319 g/mol. The third-order valence-electron chi connectivity index (χ3n) is 3.63. The normalized spacial score (nSPS) is 14.3. The number of rotatable bonds is 4. The Morgan fingerprint density at radius 2 is 1.78 bits per heavy atom. The van der Waals surface area contributed by atoms with Gasteiger partial charge in [-0.2, -0.15) is 10.2 Å². The van der Waals surface area contributed by atoms with E-state index in [2.05, 4.69) is 25.8 Å². The van der Waals surface area contributed by atoms with Crippen molar-refractivity contribution in [2.75, 3.05) is 11.9 Å². The molecule has 1 aliphatic heterocycles. The first kappa shape index (κ1) is 16.7. The number of ether oxygens (including phenoxy) is 1. The monoisotopic (exact) mass is 319 g/mol. The molecule has 23 heavy (non-hydrogen) atoms. The number of hydrogen-bond donors (Lipinski definition) is 3. The number of aryl methyl sites for hydroxylation is 1. The number of carbonyl (C=O) groups excluding carboxylic acids is 2. The van der Waals surface area contributed by atoms with Gasteiger partial charge in [-0.15, -0.1) is 0 Å². The van der Waals surface area contributed by atoms with Gasteiger partial charge in [0.2, 0.25) is 0 Å². The molecule has 1 aromatic rings. The first-order valence-electron chi connectivity index (χ1n) is 7.37. The molecule has 3 N–H and O–H groups in total.